The Balaban J connectivity index is 1.28. The first kappa shape index (κ1) is 28.0. The normalized spacial score (nSPS) is 14.4. The van der Waals surface area contributed by atoms with Gasteiger partial charge in [0.25, 0.3) is 5.91 Å². The molecule has 5 rings (SSSR count). The number of rotatable bonds is 9. The van der Waals surface area contributed by atoms with Crippen LogP contribution in [0.5, 0.6) is 11.5 Å². The van der Waals surface area contributed by atoms with Gasteiger partial charge in [-0.1, -0.05) is 42.5 Å². The Labute approximate surface area is 234 Å². The van der Waals surface area contributed by atoms with E-state index in [1.807, 2.05) is 36.4 Å². The van der Waals surface area contributed by atoms with E-state index in [2.05, 4.69) is 5.32 Å². The maximum atomic E-state index is 13.3. The second-order valence-corrected chi connectivity index (χ2v) is 9.84. The van der Waals surface area contributed by atoms with Gasteiger partial charge in [-0.3, -0.25) is 4.79 Å². The Bertz CT molecular complexity index is 1520. The number of halogens is 3. The fourth-order valence-corrected chi connectivity index (χ4v) is 4.67. The second kappa shape index (κ2) is 11.9. The zero-order valence-corrected chi connectivity index (χ0v) is 21.8. The molecule has 2 N–H and O–H groups in total. The van der Waals surface area contributed by atoms with Crippen molar-refractivity contribution in [1.29, 1.82) is 0 Å². The van der Waals surface area contributed by atoms with E-state index >= 15 is 0 Å². The lowest BCUT2D eigenvalue weighted by Crippen LogP contribution is -2.59. The Morgan fingerprint density at radius 1 is 0.951 bits per heavy atom. The highest BCUT2D eigenvalue weighted by Crippen LogP contribution is 2.34. The summed E-state index contributed by atoms with van der Waals surface area (Å²) < 4.78 is 50.4. The monoisotopic (exact) mass is 564 g/mol. The first-order valence-electron chi connectivity index (χ1n) is 13.0. The van der Waals surface area contributed by atoms with Crippen molar-refractivity contribution in [3.05, 3.63) is 108 Å². The number of benzene rings is 4. The van der Waals surface area contributed by atoms with Gasteiger partial charge >= 0.3 is 12.3 Å². The Hall–Kier alpha value is -4.57. The third-order valence-corrected chi connectivity index (χ3v) is 6.99. The van der Waals surface area contributed by atoms with Gasteiger partial charge < -0.3 is 24.8 Å². The molecular weight excluding hydrogens is 537 g/mol. The van der Waals surface area contributed by atoms with Gasteiger partial charge in [-0.25, -0.2) is 4.79 Å². The van der Waals surface area contributed by atoms with Crippen molar-refractivity contribution < 1.29 is 37.3 Å². The number of nitrogens with one attached hydrogen (secondary N) is 1. The molecule has 1 aliphatic rings. The molecule has 0 spiro atoms. The number of ether oxygens (including phenoxy) is 2. The van der Waals surface area contributed by atoms with Crippen molar-refractivity contribution in [2.75, 3.05) is 19.7 Å². The second-order valence-electron chi connectivity index (χ2n) is 9.84. The SMILES string of the molecule is O=C(N[C@@H](COCc1ccccc1)C1CN(C(=O)O)C1)c1ccc2c(Oc3ccc(C(F)(F)F)cc3)cccc2c1. The molecule has 10 heteroatoms. The molecule has 7 nitrogen and oxygen atoms in total. The fraction of sp³-hybridized carbons (Fsp3) is 0.226. The number of amides is 2. The average Bonchev–Trinajstić information content (AvgIpc) is 2.92. The Morgan fingerprint density at radius 2 is 1.68 bits per heavy atom. The van der Waals surface area contributed by atoms with Gasteiger partial charge in [0.05, 0.1) is 24.8 Å². The van der Waals surface area contributed by atoms with Crippen LogP contribution in [0.25, 0.3) is 10.8 Å². The van der Waals surface area contributed by atoms with Crippen LogP contribution in [-0.2, 0) is 17.5 Å². The lowest BCUT2D eigenvalue weighted by Gasteiger charge is -2.41. The maximum Gasteiger partial charge on any atom is 0.416 e. The van der Waals surface area contributed by atoms with Gasteiger partial charge in [-0.15, -0.1) is 0 Å². The fourth-order valence-electron chi connectivity index (χ4n) is 4.67. The third-order valence-electron chi connectivity index (χ3n) is 6.99. The van der Waals surface area contributed by atoms with E-state index in [9.17, 15) is 27.9 Å². The van der Waals surface area contributed by atoms with Crippen LogP contribution in [0, 0.1) is 5.92 Å². The molecule has 0 bridgehead atoms. The molecule has 0 aromatic heterocycles. The highest BCUT2D eigenvalue weighted by atomic mass is 19.4. The molecule has 0 unspecified atom stereocenters. The minimum atomic E-state index is -4.43. The van der Waals surface area contributed by atoms with Crippen LogP contribution in [0.1, 0.15) is 21.5 Å². The number of fused-ring (bicyclic) bond motifs is 1. The van der Waals surface area contributed by atoms with Crippen LogP contribution < -0.4 is 10.1 Å². The molecule has 0 aliphatic carbocycles. The number of alkyl halides is 3. The molecule has 1 fully saturated rings. The third kappa shape index (κ3) is 6.78. The summed E-state index contributed by atoms with van der Waals surface area (Å²) in [5.74, 6) is 0.268. The summed E-state index contributed by atoms with van der Waals surface area (Å²) in [6.45, 7) is 1.19. The smallest absolute Gasteiger partial charge is 0.416 e. The molecule has 2 amide bonds. The molecule has 1 atom stereocenters. The van der Waals surface area contributed by atoms with E-state index in [1.54, 1.807) is 30.3 Å². The Morgan fingerprint density at radius 3 is 2.37 bits per heavy atom. The van der Waals surface area contributed by atoms with Gasteiger partial charge in [-0.2, -0.15) is 13.2 Å². The van der Waals surface area contributed by atoms with E-state index in [0.29, 0.717) is 41.8 Å². The van der Waals surface area contributed by atoms with Gasteiger partial charge in [-0.05, 0) is 59.5 Å². The van der Waals surface area contributed by atoms with Gasteiger partial charge in [0, 0.05) is 30.0 Å². The van der Waals surface area contributed by atoms with E-state index in [1.165, 1.54) is 17.0 Å². The summed E-state index contributed by atoms with van der Waals surface area (Å²) in [7, 11) is 0. The molecule has 212 valence electrons. The highest BCUT2D eigenvalue weighted by Gasteiger charge is 2.37. The molecule has 4 aromatic carbocycles. The standard InChI is InChI=1S/C31H27F3N2O5/c32-31(33,34)24-10-12-25(13-11-24)41-28-8-4-7-21-15-22(9-14-26(21)28)29(37)35-27(23-16-36(17-23)30(38)39)19-40-18-20-5-2-1-3-6-20/h1-15,23,27H,16-19H2,(H,35,37)(H,38,39)/t27-/m0/s1. The van der Waals surface area contributed by atoms with Gasteiger partial charge in [0.1, 0.15) is 11.5 Å². The number of hydrogen-bond acceptors (Lipinski definition) is 4. The molecule has 1 aliphatic heterocycles. The predicted molar refractivity (Wildman–Crippen MR) is 146 cm³/mol. The number of likely N-dealkylation sites (tertiary alicyclic amines) is 1. The largest absolute Gasteiger partial charge is 0.465 e. The first-order chi connectivity index (χ1) is 19.7. The number of carbonyl (C=O) groups is 2. The molecule has 1 heterocycles. The van der Waals surface area contributed by atoms with E-state index < -0.39 is 23.9 Å². The van der Waals surface area contributed by atoms with Crippen LogP contribution >= 0.6 is 0 Å². The van der Waals surface area contributed by atoms with Gasteiger partial charge in [0.15, 0.2) is 0 Å². The lowest BCUT2D eigenvalue weighted by atomic mass is 9.92. The van der Waals surface area contributed by atoms with Crippen molar-refractivity contribution >= 4 is 22.8 Å². The highest BCUT2D eigenvalue weighted by molar-refractivity contribution is 6.00. The molecule has 1 saturated heterocycles. The van der Waals surface area contributed by atoms with Crippen LogP contribution in [0.4, 0.5) is 18.0 Å². The van der Waals surface area contributed by atoms with Crippen molar-refractivity contribution in [2.45, 2.75) is 18.8 Å². The molecule has 4 aromatic rings. The van der Waals surface area contributed by atoms with Crippen molar-refractivity contribution in [3.8, 4) is 11.5 Å². The number of hydrogen-bond donors (Lipinski definition) is 2. The number of nitrogens with zero attached hydrogens (tertiary/aromatic N) is 1. The summed E-state index contributed by atoms with van der Waals surface area (Å²) in [6.07, 6.45) is -5.43. The molecular formula is C31H27F3N2O5. The minimum absolute atomic E-state index is 0.0879. The summed E-state index contributed by atoms with van der Waals surface area (Å²) in [6, 6.07) is 24.0. The zero-order valence-electron chi connectivity index (χ0n) is 21.8. The lowest BCUT2D eigenvalue weighted by molar-refractivity contribution is -0.137. The maximum absolute atomic E-state index is 13.3. The van der Waals surface area contributed by atoms with E-state index in [0.717, 1.165) is 17.7 Å². The van der Waals surface area contributed by atoms with Crippen molar-refractivity contribution in [2.24, 2.45) is 5.92 Å². The quantitative estimate of drug-likeness (QED) is 0.240. The van der Waals surface area contributed by atoms with Crippen molar-refractivity contribution in [1.82, 2.24) is 10.2 Å². The summed E-state index contributed by atoms with van der Waals surface area (Å²) >= 11 is 0. The average molecular weight is 565 g/mol. The van der Waals surface area contributed by atoms with Crippen LogP contribution in [0.15, 0.2) is 91.0 Å². The number of carboxylic acid groups (broad SMARTS) is 1. The zero-order chi connectivity index (χ0) is 29.0. The summed E-state index contributed by atoms with van der Waals surface area (Å²) in [4.78, 5) is 25.8. The van der Waals surface area contributed by atoms with E-state index in [4.69, 9.17) is 9.47 Å². The van der Waals surface area contributed by atoms with Crippen LogP contribution in [-0.4, -0.2) is 47.7 Å². The molecule has 0 radical (unpaired) electrons. The minimum Gasteiger partial charge on any atom is -0.465 e. The topological polar surface area (TPSA) is 88.1 Å². The van der Waals surface area contributed by atoms with E-state index in [-0.39, 0.29) is 24.2 Å². The molecule has 0 saturated carbocycles. The van der Waals surface area contributed by atoms with Gasteiger partial charge in [0.2, 0.25) is 0 Å². The number of carbonyl (C=O) groups excluding carboxylic acids is 1. The predicted octanol–water partition coefficient (Wildman–Crippen LogP) is 6.58. The summed E-state index contributed by atoms with van der Waals surface area (Å²) in [5.41, 5.74) is 0.619. The first-order valence-corrected chi connectivity index (χ1v) is 13.0. The van der Waals surface area contributed by atoms with Crippen LogP contribution in [0.2, 0.25) is 0 Å². The molecule has 41 heavy (non-hydrogen) atoms. The van der Waals surface area contributed by atoms with Crippen molar-refractivity contribution in [3.63, 3.8) is 0 Å². The summed E-state index contributed by atoms with van der Waals surface area (Å²) in [5, 5.41) is 13.6. The van der Waals surface area contributed by atoms with Crippen LogP contribution in [0.3, 0.4) is 0 Å². The Kier molecular flexibility index (Phi) is 8.11.